The average Bonchev–Trinajstić information content (AvgIpc) is 3.01. The van der Waals surface area contributed by atoms with Gasteiger partial charge in [-0.3, -0.25) is 14.4 Å². The van der Waals surface area contributed by atoms with Gasteiger partial charge >= 0.3 is 0 Å². The molecule has 0 aromatic heterocycles. The average molecular weight is 387 g/mol. The summed E-state index contributed by atoms with van der Waals surface area (Å²) in [5, 5.41) is 9.47. The summed E-state index contributed by atoms with van der Waals surface area (Å²) in [5.41, 5.74) is 2.72. The van der Waals surface area contributed by atoms with Crippen molar-refractivity contribution in [2.75, 3.05) is 11.9 Å². The Hall–Kier alpha value is -3.47. The van der Waals surface area contributed by atoms with E-state index in [-0.39, 0.29) is 28.6 Å². The zero-order valence-electron chi connectivity index (χ0n) is 16.1. The fourth-order valence-electron chi connectivity index (χ4n) is 4.21. The van der Waals surface area contributed by atoms with Crippen LogP contribution in [0.2, 0.25) is 0 Å². The molecule has 0 saturated heterocycles. The monoisotopic (exact) mass is 387 g/mol. The van der Waals surface area contributed by atoms with E-state index < -0.39 is 5.92 Å². The van der Waals surface area contributed by atoms with Crippen LogP contribution in [-0.4, -0.2) is 29.6 Å². The molecule has 1 unspecified atom stereocenters. The fraction of sp³-hybridized carbons (Fsp3) is 0.208. The van der Waals surface area contributed by atoms with Crippen LogP contribution in [-0.2, 0) is 9.59 Å². The first kappa shape index (κ1) is 18.9. The number of benzene rings is 2. The maximum Gasteiger partial charge on any atom is 0.238 e. The number of allylic oxidation sites excluding steroid dienone is 2. The molecule has 29 heavy (non-hydrogen) atoms. The summed E-state index contributed by atoms with van der Waals surface area (Å²) in [4.78, 5) is 41.3. The maximum absolute atomic E-state index is 13.6. The largest absolute Gasteiger partial charge is 0.515 e. The van der Waals surface area contributed by atoms with E-state index in [1.165, 1.54) is 4.90 Å². The predicted octanol–water partition coefficient (Wildman–Crippen LogP) is 4.12. The number of hydrogen-bond acceptors (Lipinski definition) is 4. The van der Waals surface area contributed by atoms with Crippen molar-refractivity contribution in [3.63, 3.8) is 0 Å². The van der Waals surface area contributed by atoms with Crippen LogP contribution in [0.3, 0.4) is 0 Å². The van der Waals surface area contributed by atoms with Crippen molar-refractivity contribution in [2.45, 2.75) is 25.2 Å². The van der Waals surface area contributed by atoms with Gasteiger partial charge in [0.05, 0.1) is 12.2 Å². The molecule has 1 atom stereocenters. The molecule has 2 aromatic rings. The van der Waals surface area contributed by atoms with Crippen LogP contribution in [0, 0.1) is 0 Å². The Morgan fingerprint density at radius 3 is 2.45 bits per heavy atom. The summed E-state index contributed by atoms with van der Waals surface area (Å²) in [6.45, 7) is 0. The Bertz CT molecular complexity index is 1070. The van der Waals surface area contributed by atoms with Crippen LogP contribution < -0.4 is 4.90 Å². The lowest BCUT2D eigenvalue weighted by Gasteiger charge is -2.23. The SMILES string of the molecule is CN1C(=O)C(/C(C(=O)c2ccccc2)=C2\CCC/C(=C/O)C2=O)c2ccccc21. The summed E-state index contributed by atoms with van der Waals surface area (Å²) in [6, 6.07) is 16.0. The first-order valence-electron chi connectivity index (χ1n) is 9.61. The number of para-hydroxylation sites is 1. The lowest BCUT2D eigenvalue weighted by molar-refractivity contribution is -0.118. The van der Waals surface area contributed by atoms with Gasteiger partial charge in [0.2, 0.25) is 5.91 Å². The van der Waals surface area contributed by atoms with Gasteiger partial charge < -0.3 is 10.0 Å². The van der Waals surface area contributed by atoms with Gasteiger partial charge in [0.25, 0.3) is 0 Å². The molecule has 2 aromatic carbocycles. The summed E-state index contributed by atoms with van der Waals surface area (Å²) in [7, 11) is 1.68. The number of ketones is 2. The van der Waals surface area contributed by atoms with Gasteiger partial charge in [-0.2, -0.15) is 0 Å². The van der Waals surface area contributed by atoms with E-state index in [0.717, 1.165) is 17.5 Å². The predicted molar refractivity (Wildman–Crippen MR) is 110 cm³/mol. The number of fused-ring (bicyclic) bond motifs is 1. The van der Waals surface area contributed by atoms with Crippen molar-refractivity contribution in [2.24, 2.45) is 0 Å². The minimum absolute atomic E-state index is 0.224. The lowest BCUT2D eigenvalue weighted by atomic mass is 9.78. The number of nitrogens with zero attached hydrogens (tertiary/aromatic N) is 1. The summed E-state index contributed by atoms with van der Waals surface area (Å²) in [5.74, 6) is -1.73. The number of hydrogen-bond donors (Lipinski definition) is 1. The highest BCUT2D eigenvalue weighted by molar-refractivity contribution is 6.23. The number of rotatable bonds is 3. The fourth-order valence-corrected chi connectivity index (χ4v) is 4.21. The Morgan fingerprint density at radius 2 is 1.72 bits per heavy atom. The molecule has 146 valence electrons. The van der Waals surface area contributed by atoms with Gasteiger partial charge in [-0.25, -0.2) is 0 Å². The van der Waals surface area contributed by atoms with Crippen molar-refractivity contribution in [3.8, 4) is 0 Å². The number of amides is 1. The van der Waals surface area contributed by atoms with E-state index >= 15 is 0 Å². The van der Waals surface area contributed by atoms with Crippen LogP contribution in [0.25, 0.3) is 0 Å². The summed E-state index contributed by atoms with van der Waals surface area (Å²) >= 11 is 0. The molecular formula is C24H21NO4. The van der Waals surface area contributed by atoms with E-state index in [2.05, 4.69) is 0 Å². The van der Waals surface area contributed by atoms with Crippen molar-refractivity contribution < 1.29 is 19.5 Å². The van der Waals surface area contributed by atoms with E-state index in [4.69, 9.17) is 0 Å². The maximum atomic E-state index is 13.6. The van der Waals surface area contributed by atoms with Crippen molar-refractivity contribution in [3.05, 3.63) is 88.7 Å². The highest BCUT2D eigenvalue weighted by Crippen LogP contribution is 2.44. The van der Waals surface area contributed by atoms with Crippen LogP contribution in [0.15, 0.2) is 77.6 Å². The Balaban J connectivity index is 1.95. The molecule has 1 fully saturated rings. The Morgan fingerprint density at radius 1 is 1.03 bits per heavy atom. The zero-order valence-corrected chi connectivity index (χ0v) is 16.1. The zero-order chi connectivity index (χ0) is 20.5. The molecule has 0 radical (unpaired) electrons. The van der Waals surface area contributed by atoms with Gasteiger partial charge in [0.1, 0.15) is 0 Å². The third-order valence-electron chi connectivity index (χ3n) is 5.68. The minimum Gasteiger partial charge on any atom is -0.515 e. The molecule has 1 amide bonds. The third kappa shape index (κ3) is 3.09. The van der Waals surface area contributed by atoms with E-state index in [1.807, 2.05) is 30.3 Å². The van der Waals surface area contributed by atoms with E-state index in [1.54, 1.807) is 31.3 Å². The van der Waals surface area contributed by atoms with E-state index in [0.29, 0.717) is 30.4 Å². The highest BCUT2D eigenvalue weighted by Gasteiger charge is 2.42. The molecule has 1 saturated carbocycles. The summed E-state index contributed by atoms with van der Waals surface area (Å²) in [6.07, 6.45) is 2.32. The Kier molecular flexibility index (Phi) is 4.89. The molecule has 1 N–H and O–H groups in total. The number of carbonyl (C=O) groups excluding carboxylic acids is 3. The molecule has 1 aliphatic carbocycles. The second kappa shape index (κ2) is 7.51. The number of likely N-dealkylation sites (N-methyl/N-ethyl adjacent to an activating group) is 1. The van der Waals surface area contributed by atoms with Crippen LogP contribution in [0.5, 0.6) is 0 Å². The Labute approximate surface area is 169 Å². The summed E-state index contributed by atoms with van der Waals surface area (Å²) < 4.78 is 0. The van der Waals surface area contributed by atoms with Gasteiger partial charge in [-0.1, -0.05) is 48.5 Å². The molecule has 5 heteroatoms. The molecule has 5 nitrogen and oxygen atoms in total. The molecule has 2 aliphatic rings. The van der Waals surface area contributed by atoms with Crippen LogP contribution in [0.4, 0.5) is 5.69 Å². The van der Waals surface area contributed by atoms with Crippen molar-refractivity contribution in [1.29, 1.82) is 0 Å². The smallest absolute Gasteiger partial charge is 0.238 e. The minimum atomic E-state index is -0.833. The number of Topliss-reactive ketones (excluding diaryl/α,β-unsaturated/α-hetero) is 2. The topological polar surface area (TPSA) is 74.7 Å². The molecular weight excluding hydrogens is 366 g/mol. The third-order valence-corrected chi connectivity index (χ3v) is 5.68. The quantitative estimate of drug-likeness (QED) is 0.488. The number of anilines is 1. The standard InChI is InChI=1S/C24H21NO4/c1-25-19-13-6-5-11-17(19)21(24(25)29)20(23(28)15-8-3-2-4-9-15)18-12-7-10-16(14-26)22(18)27/h2-6,8-9,11,13-14,21,26H,7,10,12H2,1H3/b16-14-,20-18-. The first-order chi connectivity index (χ1) is 14.0. The second-order valence-electron chi connectivity index (χ2n) is 7.31. The first-order valence-corrected chi connectivity index (χ1v) is 9.61. The normalized spacial score (nSPS) is 22.0. The highest BCUT2D eigenvalue weighted by atomic mass is 16.2. The van der Waals surface area contributed by atoms with Gasteiger partial charge in [0, 0.05) is 35.0 Å². The van der Waals surface area contributed by atoms with Gasteiger partial charge in [-0.15, -0.1) is 0 Å². The van der Waals surface area contributed by atoms with Crippen molar-refractivity contribution in [1.82, 2.24) is 0 Å². The number of carbonyl (C=O) groups is 3. The molecule has 0 bridgehead atoms. The number of aliphatic hydroxyl groups excluding tert-OH is 1. The second-order valence-corrected chi connectivity index (χ2v) is 7.31. The molecule has 1 heterocycles. The molecule has 4 rings (SSSR count). The molecule has 1 aliphatic heterocycles. The van der Waals surface area contributed by atoms with Crippen molar-refractivity contribution >= 4 is 23.2 Å². The van der Waals surface area contributed by atoms with Gasteiger partial charge in [0.15, 0.2) is 11.6 Å². The van der Waals surface area contributed by atoms with Gasteiger partial charge in [-0.05, 0) is 30.9 Å². The van der Waals surface area contributed by atoms with Crippen LogP contribution >= 0.6 is 0 Å². The lowest BCUT2D eigenvalue weighted by Crippen LogP contribution is -2.29. The van der Waals surface area contributed by atoms with Crippen LogP contribution in [0.1, 0.15) is 41.1 Å². The number of aliphatic hydroxyl groups is 1. The molecule has 0 spiro atoms. The van der Waals surface area contributed by atoms with E-state index in [9.17, 15) is 19.5 Å².